The van der Waals surface area contributed by atoms with Gasteiger partial charge in [0.05, 0.1) is 25.8 Å². The zero-order valence-electron chi connectivity index (χ0n) is 15.4. The molecule has 6 heteroatoms. The highest BCUT2D eigenvalue weighted by Crippen LogP contribution is 2.51. The average molecular weight is 365 g/mol. The summed E-state index contributed by atoms with van der Waals surface area (Å²) in [4.78, 5) is 21.6. The fourth-order valence-corrected chi connectivity index (χ4v) is 4.90. The van der Waals surface area contributed by atoms with Gasteiger partial charge in [0.1, 0.15) is 0 Å². The highest BCUT2D eigenvalue weighted by molar-refractivity contribution is 5.82. The fraction of sp³-hybridized carbons (Fsp3) is 0.429. The van der Waals surface area contributed by atoms with Crippen LogP contribution in [0, 0.1) is 0 Å². The molecule has 3 aliphatic heterocycles. The third-order valence-corrected chi connectivity index (χ3v) is 6.14. The molecule has 0 unspecified atom stereocenters. The molecular formula is C21H23N3O3. The van der Waals surface area contributed by atoms with E-state index in [1.807, 2.05) is 41.4 Å². The van der Waals surface area contributed by atoms with Crippen LogP contribution in [-0.4, -0.2) is 52.7 Å². The van der Waals surface area contributed by atoms with Gasteiger partial charge < -0.3 is 14.4 Å². The van der Waals surface area contributed by atoms with Crippen LogP contribution >= 0.6 is 0 Å². The van der Waals surface area contributed by atoms with Crippen LogP contribution in [0.5, 0.6) is 5.88 Å². The molecule has 6 nitrogen and oxygen atoms in total. The van der Waals surface area contributed by atoms with Gasteiger partial charge in [0, 0.05) is 38.2 Å². The van der Waals surface area contributed by atoms with E-state index in [-0.39, 0.29) is 18.0 Å². The highest BCUT2D eigenvalue weighted by Gasteiger charge is 2.64. The number of pyridine rings is 1. The summed E-state index contributed by atoms with van der Waals surface area (Å²) >= 11 is 0. The molecule has 0 aliphatic carbocycles. The Morgan fingerprint density at radius 2 is 2.11 bits per heavy atom. The van der Waals surface area contributed by atoms with E-state index in [1.54, 1.807) is 7.11 Å². The molecule has 140 valence electrons. The molecule has 0 radical (unpaired) electrons. The number of hydrogen-bond donors (Lipinski definition) is 0. The van der Waals surface area contributed by atoms with Crippen molar-refractivity contribution < 1.29 is 14.3 Å². The topological polar surface area (TPSA) is 54.9 Å². The van der Waals surface area contributed by atoms with Crippen molar-refractivity contribution in [3.63, 3.8) is 0 Å². The molecule has 3 aliphatic rings. The van der Waals surface area contributed by atoms with Crippen LogP contribution in [0.15, 0.2) is 48.7 Å². The summed E-state index contributed by atoms with van der Waals surface area (Å²) in [6.07, 6.45) is 3.23. The van der Waals surface area contributed by atoms with Gasteiger partial charge in [-0.1, -0.05) is 36.4 Å². The molecule has 0 saturated carbocycles. The molecule has 1 amide bonds. The summed E-state index contributed by atoms with van der Waals surface area (Å²) in [7, 11) is 1.62. The molecule has 1 spiro atoms. The van der Waals surface area contributed by atoms with Crippen LogP contribution in [0.4, 0.5) is 0 Å². The Kier molecular flexibility index (Phi) is 3.91. The zero-order valence-corrected chi connectivity index (χ0v) is 15.4. The van der Waals surface area contributed by atoms with Gasteiger partial charge in [0.25, 0.3) is 0 Å². The van der Waals surface area contributed by atoms with E-state index in [9.17, 15) is 4.79 Å². The SMILES string of the molecule is COc1ccc(CN2CC[C@@]34OC[C@@H](c5ccccc5)N3C(=O)C[C@@H]24)cn1. The molecule has 27 heavy (non-hydrogen) atoms. The number of methoxy groups -OCH3 is 1. The van der Waals surface area contributed by atoms with Gasteiger partial charge in [-0.3, -0.25) is 9.69 Å². The molecule has 3 atom stereocenters. The van der Waals surface area contributed by atoms with E-state index in [2.05, 4.69) is 22.0 Å². The number of carbonyl (C=O) groups excluding carboxylic acids is 1. The molecule has 3 saturated heterocycles. The molecular weight excluding hydrogens is 342 g/mol. The lowest BCUT2D eigenvalue weighted by Gasteiger charge is -2.33. The normalized spacial score (nSPS) is 29.8. The number of carbonyl (C=O) groups is 1. The van der Waals surface area contributed by atoms with E-state index in [0.29, 0.717) is 18.9 Å². The molecule has 4 heterocycles. The van der Waals surface area contributed by atoms with E-state index in [0.717, 1.165) is 30.6 Å². The minimum Gasteiger partial charge on any atom is -0.481 e. The number of hydrogen-bond acceptors (Lipinski definition) is 5. The standard InChI is InChI=1S/C21H23N3O3/c1-26-19-8-7-15(12-22-19)13-23-10-9-21-18(23)11-20(25)24(21)17(14-27-21)16-5-3-2-4-6-16/h2-8,12,17-18H,9-11,13-14H2,1H3/t17-,18+,21-/m0/s1. The van der Waals surface area contributed by atoms with Crippen LogP contribution < -0.4 is 4.74 Å². The molecule has 2 aromatic rings. The minimum atomic E-state index is -0.475. The zero-order chi connectivity index (χ0) is 18.4. The van der Waals surface area contributed by atoms with Crippen molar-refractivity contribution in [2.24, 2.45) is 0 Å². The second-order valence-electron chi connectivity index (χ2n) is 7.50. The molecule has 0 N–H and O–H groups in total. The monoisotopic (exact) mass is 365 g/mol. The number of likely N-dealkylation sites (tertiary alicyclic amines) is 1. The van der Waals surface area contributed by atoms with Crippen molar-refractivity contribution in [3.8, 4) is 5.88 Å². The summed E-state index contributed by atoms with van der Waals surface area (Å²) in [5.74, 6) is 0.813. The van der Waals surface area contributed by atoms with Crippen molar-refractivity contribution >= 4 is 5.91 Å². The number of aromatic nitrogens is 1. The Morgan fingerprint density at radius 1 is 1.26 bits per heavy atom. The second kappa shape index (κ2) is 6.32. The Hall–Kier alpha value is -2.44. The van der Waals surface area contributed by atoms with Crippen molar-refractivity contribution in [2.45, 2.75) is 37.2 Å². The number of ether oxygens (including phenoxy) is 2. The third kappa shape index (κ3) is 2.55. The van der Waals surface area contributed by atoms with Crippen LogP contribution in [0.3, 0.4) is 0 Å². The first kappa shape index (κ1) is 16.7. The maximum Gasteiger partial charge on any atom is 0.227 e. The number of amides is 1. The lowest BCUT2D eigenvalue weighted by atomic mass is 10.0. The summed E-state index contributed by atoms with van der Waals surface area (Å²) in [5.41, 5.74) is 1.80. The lowest BCUT2D eigenvalue weighted by molar-refractivity contribution is -0.138. The Bertz CT molecular complexity index is 842. The first-order chi connectivity index (χ1) is 13.2. The number of benzene rings is 1. The predicted molar refractivity (Wildman–Crippen MR) is 98.9 cm³/mol. The summed E-state index contributed by atoms with van der Waals surface area (Å²) < 4.78 is 11.5. The Morgan fingerprint density at radius 3 is 2.85 bits per heavy atom. The predicted octanol–water partition coefficient (Wildman–Crippen LogP) is 2.36. The largest absolute Gasteiger partial charge is 0.481 e. The Labute approximate surface area is 158 Å². The third-order valence-electron chi connectivity index (χ3n) is 6.14. The van der Waals surface area contributed by atoms with Crippen molar-refractivity contribution in [3.05, 3.63) is 59.8 Å². The number of rotatable bonds is 4. The average Bonchev–Trinajstić information content (AvgIpc) is 3.33. The van der Waals surface area contributed by atoms with Crippen LogP contribution in [-0.2, 0) is 16.1 Å². The Balaban J connectivity index is 1.39. The second-order valence-corrected chi connectivity index (χ2v) is 7.50. The molecule has 1 aromatic carbocycles. The summed E-state index contributed by atoms with van der Waals surface area (Å²) in [5, 5.41) is 0. The fourth-order valence-electron chi connectivity index (χ4n) is 4.90. The van der Waals surface area contributed by atoms with Gasteiger partial charge >= 0.3 is 0 Å². The van der Waals surface area contributed by atoms with E-state index in [1.165, 1.54) is 0 Å². The van der Waals surface area contributed by atoms with Gasteiger partial charge in [-0.05, 0) is 11.1 Å². The van der Waals surface area contributed by atoms with Crippen LogP contribution in [0.1, 0.15) is 30.0 Å². The van der Waals surface area contributed by atoms with Gasteiger partial charge in [-0.25, -0.2) is 4.98 Å². The van der Waals surface area contributed by atoms with Gasteiger partial charge in [0.2, 0.25) is 11.8 Å². The maximum absolute atomic E-state index is 12.9. The summed E-state index contributed by atoms with van der Waals surface area (Å²) in [6, 6.07) is 14.3. The van der Waals surface area contributed by atoms with Gasteiger partial charge in [-0.15, -0.1) is 0 Å². The first-order valence-corrected chi connectivity index (χ1v) is 9.45. The van der Waals surface area contributed by atoms with Crippen molar-refractivity contribution in [1.82, 2.24) is 14.8 Å². The number of nitrogens with zero attached hydrogens (tertiary/aromatic N) is 3. The van der Waals surface area contributed by atoms with Crippen LogP contribution in [0.2, 0.25) is 0 Å². The summed E-state index contributed by atoms with van der Waals surface area (Å²) in [6.45, 7) is 2.26. The first-order valence-electron chi connectivity index (χ1n) is 9.45. The smallest absolute Gasteiger partial charge is 0.227 e. The van der Waals surface area contributed by atoms with Crippen molar-refractivity contribution in [1.29, 1.82) is 0 Å². The maximum atomic E-state index is 12.9. The van der Waals surface area contributed by atoms with E-state index < -0.39 is 5.72 Å². The molecule has 5 rings (SSSR count). The van der Waals surface area contributed by atoms with E-state index in [4.69, 9.17) is 9.47 Å². The van der Waals surface area contributed by atoms with Gasteiger partial charge in [0.15, 0.2) is 5.72 Å². The molecule has 0 bridgehead atoms. The molecule has 1 aromatic heterocycles. The van der Waals surface area contributed by atoms with Gasteiger partial charge in [-0.2, -0.15) is 0 Å². The minimum absolute atomic E-state index is 0.0197. The molecule has 3 fully saturated rings. The van der Waals surface area contributed by atoms with Crippen molar-refractivity contribution in [2.75, 3.05) is 20.3 Å². The quantitative estimate of drug-likeness (QED) is 0.833. The lowest BCUT2D eigenvalue weighted by Crippen LogP contribution is -2.48. The van der Waals surface area contributed by atoms with E-state index >= 15 is 0 Å². The highest BCUT2D eigenvalue weighted by atomic mass is 16.5. The van der Waals surface area contributed by atoms with Crippen LogP contribution in [0.25, 0.3) is 0 Å².